The van der Waals surface area contributed by atoms with E-state index < -0.39 is 0 Å². The van der Waals surface area contributed by atoms with Gasteiger partial charge in [0.2, 0.25) is 0 Å². The van der Waals surface area contributed by atoms with Crippen molar-refractivity contribution in [2.45, 2.75) is 25.3 Å². The van der Waals surface area contributed by atoms with Crippen LogP contribution in [0.15, 0.2) is 36.9 Å². The van der Waals surface area contributed by atoms with Crippen LogP contribution in [0.2, 0.25) is 0 Å². The first-order valence-corrected chi connectivity index (χ1v) is 7.66. The number of nitrogens with zero attached hydrogens (tertiary/aromatic N) is 5. The first kappa shape index (κ1) is 13.3. The minimum absolute atomic E-state index is 0.437. The summed E-state index contributed by atoms with van der Waals surface area (Å²) in [6, 6.07) is 4.13. The van der Waals surface area contributed by atoms with E-state index in [1.54, 1.807) is 12.4 Å². The van der Waals surface area contributed by atoms with Gasteiger partial charge in [0.05, 0.1) is 5.69 Å². The van der Waals surface area contributed by atoms with Crippen molar-refractivity contribution in [2.24, 2.45) is 0 Å². The fourth-order valence-electron chi connectivity index (χ4n) is 3.24. The van der Waals surface area contributed by atoms with E-state index in [0.29, 0.717) is 11.6 Å². The number of aromatic nitrogens is 5. The molecule has 3 aromatic heterocycles. The van der Waals surface area contributed by atoms with E-state index >= 15 is 0 Å². The zero-order chi connectivity index (χ0) is 14.8. The topological polar surface area (TPSA) is 70.6 Å². The van der Waals surface area contributed by atoms with Gasteiger partial charge >= 0.3 is 0 Å². The summed E-state index contributed by atoms with van der Waals surface area (Å²) in [6.45, 7) is 3.09. The molecule has 0 spiro atoms. The first-order valence-electron chi connectivity index (χ1n) is 7.66. The second-order valence-electron chi connectivity index (χ2n) is 5.80. The minimum atomic E-state index is 0.437. The van der Waals surface area contributed by atoms with Gasteiger partial charge in [-0.2, -0.15) is 5.10 Å². The Kier molecular flexibility index (Phi) is 3.52. The fourth-order valence-corrected chi connectivity index (χ4v) is 3.24. The molecule has 6 heteroatoms. The number of aromatic amines is 1. The van der Waals surface area contributed by atoms with Crippen molar-refractivity contribution < 1.29 is 0 Å². The van der Waals surface area contributed by atoms with Gasteiger partial charge in [0.1, 0.15) is 5.52 Å². The zero-order valence-corrected chi connectivity index (χ0v) is 12.3. The number of nitrogens with one attached hydrogen (secondary N) is 1. The van der Waals surface area contributed by atoms with Crippen molar-refractivity contribution in [3.63, 3.8) is 0 Å². The number of piperidine rings is 1. The highest BCUT2D eigenvalue weighted by molar-refractivity contribution is 5.72. The Labute approximate surface area is 128 Å². The van der Waals surface area contributed by atoms with Gasteiger partial charge in [0.15, 0.2) is 5.65 Å². The third kappa shape index (κ3) is 2.57. The fraction of sp³-hybridized carbons (Fsp3) is 0.375. The molecule has 1 fully saturated rings. The molecule has 4 heterocycles. The maximum Gasteiger partial charge on any atom is 0.199 e. The normalized spacial score (nSPS) is 19.5. The highest BCUT2D eigenvalue weighted by Gasteiger charge is 2.25. The zero-order valence-electron chi connectivity index (χ0n) is 12.3. The van der Waals surface area contributed by atoms with Gasteiger partial charge in [-0.25, -0.2) is 9.97 Å². The number of fused-ring (bicyclic) bond motifs is 1. The molecule has 0 amide bonds. The molecule has 1 saturated heterocycles. The van der Waals surface area contributed by atoms with Crippen molar-refractivity contribution in [3.05, 3.63) is 48.2 Å². The Hall–Kier alpha value is -2.34. The van der Waals surface area contributed by atoms with Crippen LogP contribution in [0.25, 0.3) is 11.2 Å². The van der Waals surface area contributed by atoms with Gasteiger partial charge in [0, 0.05) is 43.8 Å². The van der Waals surface area contributed by atoms with Crippen LogP contribution in [0.4, 0.5) is 0 Å². The molecule has 1 N–H and O–H groups in total. The second-order valence-corrected chi connectivity index (χ2v) is 5.80. The molecule has 112 valence electrons. The van der Waals surface area contributed by atoms with Gasteiger partial charge in [-0.15, -0.1) is 0 Å². The van der Waals surface area contributed by atoms with Crippen LogP contribution in [0.3, 0.4) is 0 Å². The largest absolute Gasteiger partial charge is 0.298 e. The molecule has 0 saturated carbocycles. The molecule has 0 radical (unpaired) electrons. The smallest absolute Gasteiger partial charge is 0.199 e. The van der Waals surface area contributed by atoms with Crippen molar-refractivity contribution in [1.29, 1.82) is 0 Å². The SMILES string of the molecule is c1cncc(CN2CCC[C@H](c3[nH]nc4nccnc34)C2)c1. The number of H-pyrrole nitrogens is 1. The third-order valence-corrected chi connectivity index (χ3v) is 4.26. The molecular weight excluding hydrogens is 276 g/mol. The van der Waals surface area contributed by atoms with Gasteiger partial charge in [-0.3, -0.25) is 15.0 Å². The molecule has 0 aliphatic carbocycles. The molecule has 1 aliphatic heterocycles. The highest BCUT2D eigenvalue weighted by Crippen LogP contribution is 2.29. The van der Waals surface area contributed by atoms with Gasteiger partial charge in [-0.1, -0.05) is 6.07 Å². The van der Waals surface area contributed by atoms with Gasteiger partial charge in [0.25, 0.3) is 0 Å². The van der Waals surface area contributed by atoms with Crippen molar-refractivity contribution in [3.8, 4) is 0 Å². The summed E-state index contributed by atoms with van der Waals surface area (Å²) < 4.78 is 0. The van der Waals surface area contributed by atoms with Crippen LogP contribution in [0.5, 0.6) is 0 Å². The van der Waals surface area contributed by atoms with E-state index in [1.807, 2.05) is 18.5 Å². The van der Waals surface area contributed by atoms with Crippen LogP contribution in [0.1, 0.15) is 30.0 Å². The molecule has 0 bridgehead atoms. The number of pyridine rings is 1. The quantitative estimate of drug-likeness (QED) is 0.801. The van der Waals surface area contributed by atoms with Gasteiger partial charge in [-0.05, 0) is 31.0 Å². The lowest BCUT2D eigenvalue weighted by Crippen LogP contribution is -2.34. The lowest BCUT2D eigenvalue weighted by Gasteiger charge is -2.32. The molecule has 1 aliphatic rings. The Morgan fingerprint density at radius 1 is 1.23 bits per heavy atom. The molecule has 4 rings (SSSR count). The number of likely N-dealkylation sites (tertiary alicyclic amines) is 1. The van der Waals surface area contributed by atoms with Crippen LogP contribution >= 0.6 is 0 Å². The van der Waals surface area contributed by atoms with E-state index in [-0.39, 0.29) is 0 Å². The average Bonchev–Trinajstić information content (AvgIpc) is 3.00. The Bertz CT molecular complexity index is 753. The van der Waals surface area contributed by atoms with E-state index in [1.165, 1.54) is 12.0 Å². The van der Waals surface area contributed by atoms with Crippen LogP contribution < -0.4 is 0 Å². The first-order chi connectivity index (χ1) is 10.9. The lowest BCUT2D eigenvalue weighted by molar-refractivity contribution is 0.198. The summed E-state index contributed by atoms with van der Waals surface area (Å²) in [7, 11) is 0. The maximum absolute atomic E-state index is 4.44. The molecular formula is C16H18N6. The summed E-state index contributed by atoms with van der Waals surface area (Å²) in [6.07, 6.45) is 9.53. The van der Waals surface area contributed by atoms with E-state index in [2.05, 4.69) is 36.1 Å². The Balaban J connectivity index is 1.53. The summed E-state index contributed by atoms with van der Waals surface area (Å²) in [4.78, 5) is 15.4. The molecule has 0 unspecified atom stereocenters. The predicted octanol–water partition coefficient (Wildman–Crippen LogP) is 2.13. The minimum Gasteiger partial charge on any atom is -0.298 e. The highest BCUT2D eigenvalue weighted by atomic mass is 15.2. The molecule has 3 aromatic rings. The summed E-state index contributed by atoms with van der Waals surface area (Å²) >= 11 is 0. The van der Waals surface area contributed by atoms with Crippen molar-refractivity contribution in [2.75, 3.05) is 13.1 Å². The van der Waals surface area contributed by atoms with E-state index in [0.717, 1.165) is 37.3 Å². The molecule has 6 nitrogen and oxygen atoms in total. The Morgan fingerprint density at radius 3 is 3.09 bits per heavy atom. The van der Waals surface area contributed by atoms with Crippen LogP contribution in [0, 0.1) is 0 Å². The monoisotopic (exact) mass is 294 g/mol. The van der Waals surface area contributed by atoms with E-state index in [4.69, 9.17) is 0 Å². The number of rotatable bonds is 3. The summed E-state index contributed by atoms with van der Waals surface area (Å²) in [5.74, 6) is 0.437. The molecule has 22 heavy (non-hydrogen) atoms. The summed E-state index contributed by atoms with van der Waals surface area (Å²) in [5, 5.41) is 7.43. The second kappa shape index (κ2) is 5.81. The molecule has 0 aromatic carbocycles. The van der Waals surface area contributed by atoms with Gasteiger partial charge < -0.3 is 0 Å². The van der Waals surface area contributed by atoms with E-state index in [9.17, 15) is 0 Å². The number of hydrogen-bond donors (Lipinski definition) is 1. The maximum atomic E-state index is 4.44. The van der Waals surface area contributed by atoms with Crippen molar-refractivity contribution >= 4 is 11.2 Å². The standard InChI is InChI=1S/C16H18N6/c1-3-12(9-17-5-1)10-22-8-2-4-13(11-22)14-15-16(21-20-14)19-7-6-18-15/h1,3,5-7,9,13H,2,4,8,10-11H2,(H,19,20,21)/t13-/m0/s1. The van der Waals surface area contributed by atoms with Crippen LogP contribution in [-0.2, 0) is 6.54 Å². The number of hydrogen-bond acceptors (Lipinski definition) is 5. The van der Waals surface area contributed by atoms with Crippen LogP contribution in [-0.4, -0.2) is 43.1 Å². The van der Waals surface area contributed by atoms with Crippen molar-refractivity contribution in [1.82, 2.24) is 30.0 Å². The predicted molar refractivity (Wildman–Crippen MR) is 83.2 cm³/mol. The average molecular weight is 294 g/mol. The lowest BCUT2D eigenvalue weighted by atomic mass is 9.94. The Morgan fingerprint density at radius 2 is 2.18 bits per heavy atom. The molecule has 1 atom stereocenters. The summed E-state index contributed by atoms with van der Waals surface area (Å²) in [5.41, 5.74) is 4.01. The third-order valence-electron chi connectivity index (χ3n) is 4.26.